The number of ether oxygens (including phenoxy) is 3. The largest absolute Gasteiger partial charge is 0.483 e. The highest BCUT2D eigenvalue weighted by Gasteiger charge is 2.33. The zero-order chi connectivity index (χ0) is 21.4. The van der Waals surface area contributed by atoms with E-state index in [0.717, 1.165) is 43.4 Å². The third kappa shape index (κ3) is 7.34. The van der Waals surface area contributed by atoms with Gasteiger partial charge in [0.25, 0.3) is 0 Å². The Morgan fingerprint density at radius 1 is 1.31 bits per heavy atom. The van der Waals surface area contributed by atoms with Crippen molar-refractivity contribution in [1.29, 1.82) is 0 Å². The van der Waals surface area contributed by atoms with Gasteiger partial charge in [-0.05, 0) is 39.7 Å². The quantitative estimate of drug-likeness (QED) is 0.418. The molecule has 0 aromatic heterocycles. The molecule has 0 fully saturated rings. The SMILES string of the molecule is CCCCCCC(C)OC(=O)NSN(C)C(=O)Oc1cccc2c1OC(C)(C)C2. The predicted octanol–water partition coefficient (Wildman–Crippen LogP) is 5.48. The number of carbonyl (C=O) groups is 2. The second-order valence-electron chi connectivity index (χ2n) is 7.91. The van der Waals surface area contributed by atoms with Crippen molar-refractivity contribution in [2.24, 2.45) is 0 Å². The molecule has 1 unspecified atom stereocenters. The molecule has 1 heterocycles. The van der Waals surface area contributed by atoms with Crippen LogP contribution in [0, 0.1) is 0 Å². The normalized spacial score (nSPS) is 15.1. The van der Waals surface area contributed by atoms with Gasteiger partial charge in [-0.3, -0.25) is 0 Å². The number of nitrogens with zero attached hydrogens (tertiary/aromatic N) is 1. The van der Waals surface area contributed by atoms with Gasteiger partial charge in [0, 0.05) is 19.0 Å². The highest BCUT2D eigenvalue weighted by molar-refractivity contribution is 7.96. The van der Waals surface area contributed by atoms with Crippen LogP contribution in [0.4, 0.5) is 9.59 Å². The monoisotopic (exact) mass is 424 g/mol. The van der Waals surface area contributed by atoms with Crippen LogP contribution in [-0.2, 0) is 11.2 Å². The summed E-state index contributed by atoms with van der Waals surface area (Å²) < 4.78 is 20.3. The molecule has 1 atom stereocenters. The van der Waals surface area contributed by atoms with Gasteiger partial charge in [-0.15, -0.1) is 0 Å². The molecule has 29 heavy (non-hydrogen) atoms. The molecule has 1 N–H and O–H groups in total. The molecule has 1 aromatic carbocycles. The van der Waals surface area contributed by atoms with E-state index in [1.165, 1.54) is 24.2 Å². The first kappa shape index (κ1) is 23.2. The standard InChI is InChI=1S/C21H32N2O5S/c1-6-7-8-9-11-15(2)26-19(24)22-29-23(5)20(25)27-17-13-10-12-16-14-21(3,4)28-18(16)17/h10,12-13,15H,6-9,11,14H2,1-5H3,(H,22,24). The van der Waals surface area contributed by atoms with Crippen LogP contribution in [0.25, 0.3) is 0 Å². The molecule has 2 amide bonds. The molecular weight excluding hydrogens is 392 g/mol. The van der Waals surface area contributed by atoms with Gasteiger partial charge in [0.1, 0.15) is 11.7 Å². The van der Waals surface area contributed by atoms with Gasteiger partial charge in [-0.1, -0.05) is 38.3 Å². The first-order valence-corrected chi connectivity index (χ1v) is 10.9. The van der Waals surface area contributed by atoms with Gasteiger partial charge >= 0.3 is 12.2 Å². The summed E-state index contributed by atoms with van der Waals surface area (Å²) in [6.07, 6.45) is 4.74. The Morgan fingerprint density at radius 2 is 2.07 bits per heavy atom. The minimum Gasteiger partial charge on any atom is -0.483 e. The maximum Gasteiger partial charge on any atom is 0.426 e. The molecule has 0 radical (unpaired) electrons. The van der Waals surface area contributed by atoms with Crippen LogP contribution in [0.1, 0.15) is 65.4 Å². The summed E-state index contributed by atoms with van der Waals surface area (Å²) in [6.45, 7) is 8.00. The number of para-hydroxylation sites is 1. The van der Waals surface area contributed by atoms with Crippen molar-refractivity contribution in [2.45, 2.75) is 77.9 Å². The van der Waals surface area contributed by atoms with E-state index < -0.39 is 12.2 Å². The number of hydrogen-bond acceptors (Lipinski definition) is 6. The van der Waals surface area contributed by atoms with Crippen LogP contribution in [0.5, 0.6) is 11.5 Å². The Morgan fingerprint density at radius 3 is 2.79 bits per heavy atom. The highest BCUT2D eigenvalue weighted by Crippen LogP contribution is 2.41. The molecule has 1 aromatic rings. The van der Waals surface area contributed by atoms with Crippen molar-refractivity contribution in [1.82, 2.24) is 9.03 Å². The maximum absolute atomic E-state index is 12.3. The molecule has 2 rings (SSSR count). The summed E-state index contributed by atoms with van der Waals surface area (Å²) in [7, 11) is 1.51. The highest BCUT2D eigenvalue weighted by atomic mass is 32.2. The van der Waals surface area contributed by atoms with Crippen LogP contribution in [0.2, 0.25) is 0 Å². The van der Waals surface area contributed by atoms with Gasteiger partial charge in [0.2, 0.25) is 0 Å². The number of amides is 2. The lowest BCUT2D eigenvalue weighted by Crippen LogP contribution is -2.31. The Kier molecular flexibility index (Phi) is 8.49. The van der Waals surface area contributed by atoms with Crippen LogP contribution >= 0.6 is 12.1 Å². The average Bonchev–Trinajstić information content (AvgIpc) is 2.98. The van der Waals surface area contributed by atoms with E-state index in [1.54, 1.807) is 6.07 Å². The van der Waals surface area contributed by atoms with Gasteiger partial charge < -0.3 is 14.2 Å². The summed E-state index contributed by atoms with van der Waals surface area (Å²) in [6, 6.07) is 5.48. The van der Waals surface area contributed by atoms with E-state index in [0.29, 0.717) is 11.5 Å². The number of fused-ring (bicyclic) bond motifs is 1. The molecule has 1 aliphatic rings. The van der Waals surface area contributed by atoms with Gasteiger partial charge in [-0.25, -0.2) is 18.6 Å². The Bertz CT molecular complexity index is 710. The maximum atomic E-state index is 12.3. The molecule has 8 heteroatoms. The number of benzene rings is 1. The fourth-order valence-electron chi connectivity index (χ4n) is 3.09. The summed E-state index contributed by atoms with van der Waals surface area (Å²) in [5.41, 5.74) is 0.676. The van der Waals surface area contributed by atoms with Crippen LogP contribution in [-0.4, -0.2) is 35.2 Å². The number of rotatable bonds is 9. The Balaban J connectivity index is 1.76. The number of hydrogen-bond donors (Lipinski definition) is 1. The summed E-state index contributed by atoms with van der Waals surface area (Å²) in [5.74, 6) is 0.960. The summed E-state index contributed by atoms with van der Waals surface area (Å²) in [5, 5.41) is 0. The molecule has 0 saturated heterocycles. The van der Waals surface area contributed by atoms with E-state index in [9.17, 15) is 9.59 Å². The Hall–Kier alpha value is -2.09. The van der Waals surface area contributed by atoms with E-state index in [-0.39, 0.29) is 11.7 Å². The second kappa shape index (κ2) is 10.6. The first-order chi connectivity index (χ1) is 13.7. The topological polar surface area (TPSA) is 77.1 Å². The predicted molar refractivity (Wildman–Crippen MR) is 114 cm³/mol. The van der Waals surface area contributed by atoms with E-state index in [1.807, 2.05) is 32.9 Å². The third-order valence-electron chi connectivity index (χ3n) is 4.55. The first-order valence-electron chi connectivity index (χ1n) is 10.1. The number of nitrogens with one attached hydrogen (secondary N) is 1. The van der Waals surface area contributed by atoms with Crippen molar-refractivity contribution < 1.29 is 23.8 Å². The summed E-state index contributed by atoms with van der Waals surface area (Å²) in [4.78, 5) is 24.2. The fraction of sp³-hybridized carbons (Fsp3) is 0.619. The number of carbonyl (C=O) groups excluding carboxylic acids is 2. The molecular formula is C21H32N2O5S. The van der Waals surface area contributed by atoms with Crippen molar-refractivity contribution in [3.05, 3.63) is 23.8 Å². The lowest BCUT2D eigenvalue weighted by Gasteiger charge is -2.19. The van der Waals surface area contributed by atoms with Gasteiger partial charge in [0.15, 0.2) is 11.5 Å². The lowest BCUT2D eigenvalue weighted by molar-refractivity contribution is 0.106. The van der Waals surface area contributed by atoms with E-state index >= 15 is 0 Å². The second-order valence-corrected chi connectivity index (χ2v) is 8.84. The van der Waals surface area contributed by atoms with Gasteiger partial charge in [0.05, 0.1) is 12.1 Å². The average molecular weight is 425 g/mol. The van der Waals surface area contributed by atoms with E-state index in [4.69, 9.17) is 14.2 Å². The zero-order valence-corrected chi connectivity index (χ0v) is 18.8. The van der Waals surface area contributed by atoms with Crippen molar-refractivity contribution >= 4 is 24.3 Å². The molecule has 162 valence electrons. The minimum absolute atomic E-state index is 0.169. The van der Waals surface area contributed by atoms with Crippen LogP contribution < -0.4 is 14.2 Å². The molecule has 7 nitrogen and oxygen atoms in total. The smallest absolute Gasteiger partial charge is 0.426 e. The summed E-state index contributed by atoms with van der Waals surface area (Å²) >= 11 is 0.812. The van der Waals surface area contributed by atoms with Crippen molar-refractivity contribution in [3.8, 4) is 11.5 Å². The minimum atomic E-state index is -0.621. The van der Waals surface area contributed by atoms with Crippen molar-refractivity contribution in [3.63, 3.8) is 0 Å². The fourth-order valence-corrected chi connectivity index (χ4v) is 3.46. The zero-order valence-electron chi connectivity index (χ0n) is 17.9. The van der Waals surface area contributed by atoms with Crippen LogP contribution in [0.3, 0.4) is 0 Å². The molecule has 0 spiro atoms. The Labute approximate surface area is 177 Å². The molecule has 0 aliphatic carbocycles. The molecule has 0 bridgehead atoms. The number of unbranched alkanes of at least 4 members (excludes halogenated alkanes) is 3. The lowest BCUT2D eigenvalue weighted by atomic mass is 10.0. The molecule has 1 aliphatic heterocycles. The van der Waals surface area contributed by atoms with E-state index in [2.05, 4.69) is 11.6 Å². The van der Waals surface area contributed by atoms with Gasteiger partial charge in [-0.2, -0.15) is 0 Å². The molecule has 0 saturated carbocycles. The van der Waals surface area contributed by atoms with Crippen molar-refractivity contribution in [2.75, 3.05) is 7.05 Å². The van der Waals surface area contributed by atoms with Crippen LogP contribution in [0.15, 0.2) is 18.2 Å². The third-order valence-corrected chi connectivity index (χ3v) is 5.23.